The summed E-state index contributed by atoms with van der Waals surface area (Å²) in [6.45, 7) is 8.73. The predicted octanol–water partition coefficient (Wildman–Crippen LogP) is 4.54. The second-order valence-corrected chi connectivity index (χ2v) is 11.4. The van der Waals surface area contributed by atoms with E-state index < -0.39 is 12.0 Å². The number of amides is 2. The summed E-state index contributed by atoms with van der Waals surface area (Å²) in [5, 5.41) is 2.80. The number of hydrogen-bond donors (Lipinski definition) is 1. The van der Waals surface area contributed by atoms with Crippen molar-refractivity contribution in [2.75, 3.05) is 39.3 Å². The molecule has 8 heteroatoms. The van der Waals surface area contributed by atoms with Crippen LogP contribution in [0, 0.1) is 17.7 Å². The molecule has 4 aliphatic rings. The number of carbonyl (C=O) groups excluding carboxylic acids is 1. The van der Waals surface area contributed by atoms with E-state index >= 15 is 8.78 Å². The van der Waals surface area contributed by atoms with Crippen LogP contribution in [0.5, 0.6) is 0 Å². The van der Waals surface area contributed by atoms with Crippen molar-refractivity contribution < 1.29 is 18.0 Å². The molecule has 2 aliphatic carbocycles. The molecule has 2 saturated heterocycles. The molecule has 2 saturated carbocycles. The Morgan fingerprint density at radius 3 is 2.34 bits per heavy atom. The van der Waals surface area contributed by atoms with Crippen LogP contribution in [0.1, 0.15) is 57.4 Å². The first-order chi connectivity index (χ1) is 16.7. The van der Waals surface area contributed by atoms with Crippen LogP contribution in [0.25, 0.3) is 0 Å². The van der Waals surface area contributed by atoms with Crippen molar-refractivity contribution in [1.82, 2.24) is 20.0 Å². The van der Waals surface area contributed by atoms with E-state index in [9.17, 15) is 9.18 Å². The van der Waals surface area contributed by atoms with Crippen molar-refractivity contribution in [3.8, 4) is 0 Å². The van der Waals surface area contributed by atoms with Gasteiger partial charge in [-0.1, -0.05) is 18.2 Å². The summed E-state index contributed by atoms with van der Waals surface area (Å²) in [7, 11) is 0. The number of piperazine rings is 1. The second-order valence-electron chi connectivity index (χ2n) is 11.4. The Labute approximate surface area is 207 Å². The zero-order chi connectivity index (χ0) is 24.7. The number of rotatable bonds is 4. The van der Waals surface area contributed by atoms with Crippen LogP contribution < -0.4 is 5.32 Å². The number of nitrogens with zero attached hydrogens (tertiary/aromatic N) is 3. The fourth-order valence-corrected chi connectivity index (χ4v) is 7.08. The number of alkyl halides is 2. The second kappa shape index (κ2) is 9.92. The largest absolute Gasteiger partial charge is 0.328 e. The van der Waals surface area contributed by atoms with Gasteiger partial charge in [0.05, 0.1) is 0 Å². The third-order valence-electron chi connectivity index (χ3n) is 9.06. The number of hydrogen-bond acceptors (Lipinski definition) is 3. The minimum absolute atomic E-state index is 0.160. The smallest absolute Gasteiger partial charge is 0.317 e. The Morgan fingerprint density at radius 2 is 1.71 bits per heavy atom. The lowest BCUT2D eigenvalue weighted by Gasteiger charge is -2.47. The molecule has 1 aromatic carbocycles. The molecule has 2 aliphatic heterocycles. The number of fused-ring (bicyclic) bond motifs is 1. The number of benzene rings is 1. The van der Waals surface area contributed by atoms with Gasteiger partial charge in [-0.2, -0.15) is 0 Å². The maximum atomic E-state index is 15.1. The summed E-state index contributed by atoms with van der Waals surface area (Å²) in [5.74, 6) is -2.28. The van der Waals surface area contributed by atoms with Crippen molar-refractivity contribution in [3.05, 3.63) is 35.6 Å². The molecule has 0 unspecified atom stereocenters. The highest BCUT2D eigenvalue weighted by Crippen LogP contribution is 2.47. The molecule has 35 heavy (non-hydrogen) atoms. The van der Waals surface area contributed by atoms with Crippen molar-refractivity contribution >= 4 is 6.03 Å². The van der Waals surface area contributed by atoms with Crippen LogP contribution in [0.2, 0.25) is 0 Å². The maximum Gasteiger partial charge on any atom is 0.317 e. The lowest BCUT2D eigenvalue weighted by molar-refractivity contribution is -0.0971. The molecule has 0 aromatic heterocycles. The predicted molar refractivity (Wildman–Crippen MR) is 130 cm³/mol. The number of likely N-dealkylation sites (tertiary alicyclic amines) is 1. The van der Waals surface area contributed by atoms with E-state index in [4.69, 9.17) is 0 Å². The fourth-order valence-electron chi connectivity index (χ4n) is 7.08. The van der Waals surface area contributed by atoms with Gasteiger partial charge in [-0.3, -0.25) is 9.80 Å². The Morgan fingerprint density at radius 1 is 1.06 bits per heavy atom. The normalized spacial score (nSPS) is 33.8. The SMILES string of the molecule is CC(C)N1CCN([C@H]2CCCC(F)(F)[C@@H]2NC(=O)N2C[C@H]3C[C@@H](c4ccccc4F)C[C@H]3C2)CC1. The van der Waals surface area contributed by atoms with Crippen LogP contribution in [-0.4, -0.2) is 84.0 Å². The quantitative estimate of drug-likeness (QED) is 0.671. The van der Waals surface area contributed by atoms with Gasteiger partial charge in [-0.25, -0.2) is 18.0 Å². The van der Waals surface area contributed by atoms with E-state index in [-0.39, 0.29) is 30.2 Å². The summed E-state index contributed by atoms with van der Waals surface area (Å²) in [4.78, 5) is 19.5. The van der Waals surface area contributed by atoms with Gasteiger partial charge in [0.1, 0.15) is 11.9 Å². The van der Waals surface area contributed by atoms with Crippen LogP contribution >= 0.6 is 0 Å². The minimum Gasteiger partial charge on any atom is -0.328 e. The van der Waals surface area contributed by atoms with Crippen LogP contribution in [-0.2, 0) is 0 Å². The molecule has 2 heterocycles. The van der Waals surface area contributed by atoms with Crippen molar-refractivity contribution in [2.24, 2.45) is 11.8 Å². The number of carbonyl (C=O) groups is 1. The van der Waals surface area contributed by atoms with E-state index in [0.717, 1.165) is 44.6 Å². The zero-order valence-corrected chi connectivity index (χ0v) is 20.9. The van der Waals surface area contributed by atoms with Crippen molar-refractivity contribution in [1.29, 1.82) is 0 Å². The summed E-state index contributed by atoms with van der Waals surface area (Å²) in [5.41, 5.74) is 0.764. The summed E-state index contributed by atoms with van der Waals surface area (Å²) in [6, 6.07) is 5.55. The molecule has 5 atom stereocenters. The molecule has 2 amide bonds. The first-order valence-corrected chi connectivity index (χ1v) is 13.4. The number of urea groups is 1. The van der Waals surface area contributed by atoms with Gasteiger partial charge in [0.2, 0.25) is 0 Å². The third-order valence-corrected chi connectivity index (χ3v) is 9.06. The summed E-state index contributed by atoms with van der Waals surface area (Å²) < 4.78 is 44.5. The molecule has 0 radical (unpaired) electrons. The fraction of sp³-hybridized carbons (Fsp3) is 0.741. The van der Waals surface area contributed by atoms with E-state index in [1.807, 2.05) is 12.1 Å². The highest BCUT2D eigenvalue weighted by Gasteiger charge is 2.51. The molecule has 1 aromatic rings. The molecule has 5 rings (SSSR count). The van der Waals surface area contributed by atoms with Crippen molar-refractivity contribution in [3.63, 3.8) is 0 Å². The number of nitrogens with one attached hydrogen (secondary N) is 1. The van der Waals surface area contributed by atoms with Crippen LogP contribution in [0.3, 0.4) is 0 Å². The Hall–Kier alpha value is -1.80. The van der Waals surface area contributed by atoms with Gasteiger partial charge in [0.15, 0.2) is 0 Å². The average molecular weight is 493 g/mol. The van der Waals surface area contributed by atoms with Gasteiger partial charge >= 0.3 is 6.03 Å². The Kier molecular flexibility index (Phi) is 7.05. The molecule has 5 nitrogen and oxygen atoms in total. The van der Waals surface area contributed by atoms with Crippen molar-refractivity contribution in [2.45, 2.75) is 75.9 Å². The highest BCUT2D eigenvalue weighted by molar-refractivity contribution is 5.75. The van der Waals surface area contributed by atoms with Gasteiger partial charge in [0, 0.05) is 57.8 Å². The van der Waals surface area contributed by atoms with Gasteiger partial charge in [-0.15, -0.1) is 0 Å². The third kappa shape index (κ3) is 5.06. The monoisotopic (exact) mass is 492 g/mol. The Bertz CT molecular complexity index is 890. The maximum absolute atomic E-state index is 15.1. The lowest BCUT2D eigenvalue weighted by atomic mass is 9.85. The molecule has 0 spiro atoms. The summed E-state index contributed by atoms with van der Waals surface area (Å²) >= 11 is 0. The molecular weight excluding hydrogens is 453 g/mol. The van der Waals surface area contributed by atoms with E-state index in [1.54, 1.807) is 11.0 Å². The molecular formula is C27H39F3N4O. The van der Waals surface area contributed by atoms with Crippen LogP contribution in [0.4, 0.5) is 18.0 Å². The standard InChI is InChI=1S/C27H39F3N4O/c1-18(2)32-10-12-33(13-11-32)24-8-5-9-27(29,30)25(24)31-26(35)34-16-20-14-19(15-21(20)17-34)22-6-3-4-7-23(22)28/h3-4,6-7,18-21,24-25H,5,8-17H2,1-2H3,(H,31,35)/t19-,20-,21+,24-,25+/m0/s1. The number of halogens is 3. The van der Waals surface area contributed by atoms with Gasteiger partial charge in [-0.05, 0) is 68.9 Å². The van der Waals surface area contributed by atoms with Crippen LogP contribution in [0.15, 0.2) is 24.3 Å². The highest BCUT2D eigenvalue weighted by atomic mass is 19.3. The molecule has 0 bridgehead atoms. The molecule has 4 fully saturated rings. The lowest BCUT2D eigenvalue weighted by Crippen LogP contribution is -2.65. The van der Waals surface area contributed by atoms with E-state index in [0.29, 0.717) is 43.8 Å². The van der Waals surface area contributed by atoms with E-state index in [1.165, 1.54) is 6.07 Å². The minimum atomic E-state index is -2.90. The molecule has 194 valence electrons. The molecule has 1 N–H and O–H groups in total. The topological polar surface area (TPSA) is 38.8 Å². The van der Waals surface area contributed by atoms with E-state index in [2.05, 4.69) is 29.0 Å². The average Bonchev–Trinajstić information content (AvgIpc) is 3.40. The first kappa shape index (κ1) is 24.9. The zero-order valence-electron chi connectivity index (χ0n) is 20.9. The first-order valence-electron chi connectivity index (χ1n) is 13.4. The summed E-state index contributed by atoms with van der Waals surface area (Å²) in [6.07, 6.45) is 2.70. The van der Waals surface area contributed by atoms with Gasteiger partial charge < -0.3 is 10.2 Å². The van der Waals surface area contributed by atoms with Gasteiger partial charge in [0.25, 0.3) is 5.92 Å². The Balaban J connectivity index is 1.20.